The highest BCUT2D eigenvalue weighted by Gasteiger charge is 2.05. The summed E-state index contributed by atoms with van der Waals surface area (Å²) >= 11 is 3.19. The molecule has 0 radical (unpaired) electrons. The lowest BCUT2D eigenvalue weighted by Gasteiger charge is -2.08. The van der Waals surface area contributed by atoms with E-state index < -0.39 is 5.82 Å². The predicted molar refractivity (Wildman–Crippen MR) is 87.1 cm³/mol. The molecule has 0 unspecified atom stereocenters. The van der Waals surface area contributed by atoms with E-state index in [-0.39, 0.29) is 5.82 Å². The maximum Gasteiger partial charge on any atom is 0.166 e. The number of nitrogens with zero attached hydrogens (tertiary/aromatic N) is 1. The smallest absolute Gasteiger partial charge is 0.166 e. The molecular weight excluding hydrogens is 331 g/mol. The second-order valence-corrected chi connectivity index (χ2v) is 5.47. The normalized spacial score (nSPS) is 10.4. The summed E-state index contributed by atoms with van der Waals surface area (Å²) in [6.07, 6.45) is 1.56. The molecule has 0 fully saturated rings. The maximum atomic E-state index is 13.7. The highest BCUT2D eigenvalue weighted by molar-refractivity contribution is 9.10. The molecule has 0 amide bonds. The summed E-state index contributed by atoms with van der Waals surface area (Å²) < 4.78 is 14.3. The fraction of sp³-hybridized carbons (Fsp3) is 0. The lowest BCUT2D eigenvalue weighted by molar-refractivity contribution is 0.625. The average molecular weight is 343 g/mol. The number of benzene rings is 2. The van der Waals surface area contributed by atoms with Crippen molar-refractivity contribution in [2.75, 3.05) is 5.32 Å². The van der Waals surface area contributed by atoms with Crippen molar-refractivity contribution >= 4 is 27.4 Å². The molecule has 1 N–H and O–H groups in total. The van der Waals surface area contributed by atoms with E-state index in [0.29, 0.717) is 4.47 Å². The Morgan fingerprint density at radius 3 is 2.24 bits per heavy atom. The molecule has 0 saturated carbocycles. The quantitative estimate of drug-likeness (QED) is 0.689. The van der Waals surface area contributed by atoms with Gasteiger partial charge in [0.15, 0.2) is 11.6 Å². The van der Waals surface area contributed by atoms with E-state index >= 15 is 0 Å². The fourth-order valence-corrected chi connectivity index (χ4v) is 2.32. The minimum absolute atomic E-state index is 0.214. The second kappa shape index (κ2) is 6.06. The summed E-state index contributed by atoms with van der Waals surface area (Å²) in [7, 11) is 0. The highest BCUT2D eigenvalue weighted by Crippen LogP contribution is 2.24. The number of aromatic nitrogens is 1. The zero-order valence-corrected chi connectivity index (χ0v) is 12.6. The van der Waals surface area contributed by atoms with E-state index in [4.69, 9.17) is 0 Å². The van der Waals surface area contributed by atoms with Gasteiger partial charge in [-0.15, -0.1) is 0 Å². The third-order valence-corrected chi connectivity index (χ3v) is 3.50. The lowest BCUT2D eigenvalue weighted by Crippen LogP contribution is -1.96. The monoisotopic (exact) mass is 342 g/mol. The summed E-state index contributed by atoms with van der Waals surface area (Å²) in [4.78, 5) is 4.02. The molecule has 2 nitrogen and oxygen atoms in total. The van der Waals surface area contributed by atoms with Crippen molar-refractivity contribution in [1.29, 1.82) is 0 Å². The lowest BCUT2D eigenvalue weighted by atomic mass is 10.1. The van der Waals surface area contributed by atoms with E-state index in [1.807, 2.05) is 42.5 Å². The Balaban J connectivity index is 1.81. The zero-order valence-electron chi connectivity index (χ0n) is 11.1. The molecule has 0 saturated heterocycles. The summed E-state index contributed by atoms with van der Waals surface area (Å²) in [5.74, 6) is -0.179. The van der Waals surface area contributed by atoms with Crippen LogP contribution in [0.25, 0.3) is 11.1 Å². The summed E-state index contributed by atoms with van der Waals surface area (Å²) in [6, 6.07) is 19.3. The molecule has 2 aromatic carbocycles. The van der Waals surface area contributed by atoms with E-state index in [2.05, 4.69) is 38.4 Å². The van der Waals surface area contributed by atoms with Crippen LogP contribution in [0.4, 0.5) is 15.9 Å². The Morgan fingerprint density at radius 2 is 1.57 bits per heavy atom. The van der Waals surface area contributed by atoms with E-state index in [0.717, 1.165) is 16.8 Å². The summed E-state index contributed by atoms with van der Waals surface area (Å²) in [5.41, 5.74) is 3.06. The number of hydrogen-bond acceptors (Lipinski definition) is 2. The third kappa shape index (κ3) is 3.28. The first-order chi connectivity index (χ1) is 10.2. The summed E-state index contributed by atoms with van der Waals surface area (Å²) in [6.45, 7) is 0. The van der Waals surface area contributed by atoms with Gasteiger partial charge in [-0.25, -0.2) is 9.37 Å². The van der Waals surface area contributed by atoms with Crippen molar-refractivity contribution in [2.45, 2.75) is 0 Å². The van der Waals surface area contributed by atoms with E-state index in [1.54, 1.807) is 6.20 Å². The SMILES string of the molecule is Fc1cc(Br)cnc1Nc1ccc(-c2ccccc2)cc1. The van der Waals surface area contributed by atoms with Crippen LogP contribution in [0.5, 0.6) is 0 Å². The number of halogens is 2. The number of anilines is 2. The van der Waals surface area contributed by atoms with Crippen molar-refractivity contribution in [2.24, 2.45) is 0 Å². The first-order valence-electron chi connectivity index (χ1n) is 6.46. The molecule has 0 aliphatic rings. The van der Waals surface area contributed by atoms with Crippen molar-refractivity contribution in [3.8, 4) is 11.1 Å². The number of nitrogens with one attached hydrogen (secondary N) is 1. The molecule has 104 valence electrons. The van der Waals surface area contributed by atoms with Crippen LogP contribution >= 0.6 is 15.9 Å². The molecule has 0 atom stereocenters. The number of rotatable bonds is 3. The minimum atomic E-state index is -0.392. The van der Waals surface area contributed by atoms with Crippen LogP contribution in [0.2, 0.25) is 0 Å². The third-order valence-electron chi connectivity index (χ3n) is 3.06. The van der Waals surface area contributed by atoms with Gasteiger partial charge in [0.25, 0.3) is 0 Å². The van der Waals surface area contributed by atoms with Crippen LogP contribution < -0.4 is 5.32 Å². The second-order valence-electron chi connectivity index (χ2n) is 4.55. The zero-order chi connectivity index (χ0) is 14.7. The topological polar surface area (TPSA) is 24.9 Å². The number of pyridine rings is 1. The Kier molecular flexibility index (Phi) is 3.97. The van der Waals surface area contributed by atoms with Gasteiger partial charge in [-0.05, 0) is 45.3 Å². The van der Waals surface area contributed by atoms with Gasteiger partial charge in [0.1, 0.15) is 0 Å². The minimum Gasteiger partial charge on any atom is -0.338 e. The predicted octanol–water partition coefficient (Wildman–Crippen LogP) is 5.39. The van der Waals surface area contributed by atoms with Gasteiger partial charge in [-0.2, -0.15) is 0 Å². The molecular formula is C17H12BrFN2. The molecule has 1 aromatic heterocycles. The van der Waals surface area contributed by atoms with Crippen molar-refractivity contribution in [3.63, 3.8) is 0 Å². The average Bonchev–Trinajstić information content (AvgIpc) is 2.52. The Bertz CT molecular complexity index is 742. The molecule has 0 bridgehead atoms. The van der Waals surface area contributed by atoms with Crippen LogP contribution in [0, 0.1) is 5.82 Å². The van der Waals surface area contributed by atoms with E-state index in [9.17, 15) is 4.39 Å². The van der Waals surface area contributed by atoms with Crippen LogP contribution in [0.15, 0.2) is 71.3 Å². The first-order valence-corrected chi connectivity index (χ1v) is 7.25. The first kappa shape index (κ1) is 13.8. The molecule has 3 rings (SSSR count). The van der Waals surface area contributed by atoms with Gasteiger partial charge in [-0.3, -0.25) is 0 Å². The molecule has 0 aliphatic carbocycles. The molecule has 0 spiro atoms. The molecule has 1 heterocycles. The van der Waals surface area contributed by atoms with Crippen molar-refractivity contribution in [3.05, 3.63) is 77.2 Å². The highest BCUT2D eigenvalue weighted by atomic mass is 79.9. The summed E-state index contributed by atoms with van der Waals surface area (Å²) in [5, 5.41) is 2.97. The van der Waals surface area contributed by atoms with Gasteiger partial charge in [0, 0.05) is 16.4 Å². The molecule has 3 aromatic rings. The van der Waals surface area contributed by atoms with Crippen LogP contribution in [0.3, 0.4) is 0 Å². The van der Waals surface area contributed by atoms with Crippen molar-refractivity contribution < 1.29 is 4.39 Å². The molecule has 4 heteroatoms. The van der Waals surface area contributed by atoms with Crippen LogP contribution in [-0.2, 0) is 0 Å². The Hall–Kier alpha value is -2.20. The van der Waals surface area contributed by atoms with Gasteiger partial charge in [0.05, 0.1) is 0 Å². The Morgan fingerprint density at radius 1 is 0.905 bits per heavy atom. The van der Waals surface area contributed by atoms with Gasteiger partial charge < -0.3 is 5.32 Å². The molecule has 0 aliphatic heterocycles. The van der Waals surface area contributed by atoms with Crippen molar-refractivity contribution in [1.82, 2.24) is 4.98 Å². The maximum absolute atomic E-state index is 13.7. The van der Waals surface area contributed by atoms with Crippen LogP contribution in [-0.4, -0.2) is 4.98 Å². The largest absolute Gasteiger partial charge is 0.338 e. The number of hydrogen-bond donors (Lipinski definition) is 1. The van der Waals surface area contributed by atoms with Gasteiger partial charge in [-0.1, -0.05) is 42.5 Å². The standard InChI is InChI=1S/C17H12BrFN2/c18-14-10-16(19)17(20-11-14)21-15-8-6-13(7-9-15)12-4-2-1-3-5-12/h1-11H,(H,20,21). The van der Waals surface area contributed by atoms with Crippen LogP contribution in [0.1, 0.15) is 0 Å². The fourth-order valence-electron chi connectivity index (χ4n) is 2.02. The van der Waals surface area contributed by atoms with E-state index in [1.165, 1.54) is 6.07 Å². The Labute approximate surface area is 130 Å². The van der Waals surface area contributed by atoms with Gasteiger partial charge in [0.2, 0.25) is 0 Å². The van der Waals surface area contributed by atoms with Gasteiger partial charge >= 0.3 is 0 Å². The molecule has 21 heavy (non-hydrogen) atoms.